The van der Waals surface area contributed by atoms with Crippen LogP contribution in [0.5, 0.6) is 0 Å². The van der Waals surface area contributed by atoms with Gasteiger partial charge in [-0.05, 0) is 43.2 Å². The summed E-state index contributed by atoms with van der Waals surface area (Å²) < 4.78 is 33.4. The molecule has 1 fully saturated rings. The molecule has 136 valence electrons. The largest absolute Gasteiger partial charge is 0.472 e. The van der Waals surface area contributed by atoms with Gasteiger partial charge in [-0.2, -0.15) is 11.8 Å². The molecule has 1 atom stereocenters. The van der Waals surface area contributed by atoms with Crippen LogP contribution < -0.4 is 4.72 Å². The Morgan fingerprint density at radius 3 is 2.60 bits per heavy atom. The molecule has 0 amide bonds. The van der Waals surface area contributed by atoms with Crippen LogP contribution in [0.15, 0.2) is 46.1 Å². The Kier molecular flexibility index (Phi) is 5.89. The molecule has 0 aliphatic carbocycles. The van der Waals surface area contributed by atoms with Crippen LogP contribution in [0.3, 0.4) is 0 Å². The third-order valence-electron chi connectivity index (χ3n) is 4.67. The molecule has 0 bridgehead atoms. The summed E-state index contributed by atoms with van der Waals surface area (Å²) in [5.41, 5.74) is 3.07. The molecular formula is C18H24N2O3S2. The number of nitrogens with zero attached hydrogens (tertiary/aromatic N) is 1. The van der Waals surface area contributed by atoms with Gasteiger partial charge in [0, 0.05) is 36.7 Å². The lowest BCUT2D eigenvalue weighted by atomic mass is 10.1. The molecule has 3 rings (SSSR count). The van der Waals surface area contributed by atoms with E-state index in [0.717, 1.165) is 41.3 Å². The Bertz CT molecular complexity index is 798. The van der Waals surface area contributed by atoms with Gasteiger partial charge in [-0.3, -0.25) is 4.90 Å². The van der Waals surface area contributed by atoms with E-state index < -0.39 is 10.0 Å². The van der Waals surface area contributed by atoms with Crippen molar-refractivity contribution in [1.82, 2.24) is 9.62 Å². The summed E-state index contributed by atoms with van der Waals surface area (Å²) in [6, 6.07) is 7.13. The summed E-state index contributed by atoms with van der Waals surface area (Å²) in [4.78, 5) is 2.64. The van der Waals surface area contributed by atoms with Gasteiger partial charge >= 0.3 is 0 Å². The second-order valence-corrected chi connectivity index (χ2v) is 9.31. The van der Waals surface area contributed by atoms with Crippen molar-refractivity contribution in [3.05, 3.63) is 53.5 Å². The first-order valence-electron chi connectivity index (χ1n) is 8.38. The van der Waals surface area contributed by atoms with Crippen LogP contribution in [0.1, 0.15) is 22.7 Å². The molecule has 1 aromatic heterocycles. The van der Waals surface area contributed by atoms with Gasteiger partial charge in [-0.15, -0.1) is 0 Å². The average molecular weight is 381 g/mol. The molecule has 1 aliphatic rings. The minimum absolute atomic E-state index is 0.0130. The Morgan fingerprint density at radius 1 is 1.20 bits per heavy atom. The standard InChI is InChI=1S/C18H24N2O3S2/c1-14-3-4-17(11-15(14)2)25(21,22)19-12-18(16-5-8-23-13-16)20-6-9-24-10-7-20/h3-5,8,11,13,18-19H,6-7,9-10,12H2,1-2H3. The van der Waals surface area contributed by atoms with Crippen LogP contribution in [0.25, 0.3) is 0 Å². The van der Waals surface area contributed by atoms with Gasteiger partial charge in [0.1, 0.15) is 0 Å². The third kappa shape index (κ3) is 4.47. The van der Waals surface area contributed by atoms with Gasteiger partial charge in [-0.25, -0.2) is 13.1 Å². The molecule has 25 heavy (non-hydrogen) atoms. The fourth-order valence-corrected chi connectivity index (χ4v) is 5.02. The number of thioether (sulfide) groups is 1. The van der Waals surface area contributed by atoms with E-state index in [1.54, 1.807) is 24.7 Å². The fraction of sp³-hybridized carbons (Fsp3) is 0.444. The predicted molar refractivity (Wildman–Crippen MR) is 101 cm³/mol. The summed E-state index contributed by atoms with van der Waals surface area (Å²) in [7, 11) is -3.54. The van der Waals surface area contributed by atoms with Crippen molar-refractivity contribution in [2.24, 2.45) is 0 Å². The highest BCUT2D eigenvalue weighted by Crippen LogP contribution is 2.25. The molecule has 1 N–H and O–H groups in total. The molecule has 1 unspecified atom stereocenters. The van der Waals surface area contributed by atoms with Gasteiger partial charge in [0.15, 0.2) is 0 Å². The van der Waals surface area contributed by atoms with Crippen LogP contribution in [-0.4, -0.2) is 44.5 Å². The first-order valence-corrected chi connectivity index (χ1v) is 11.0. The van der Waals surface area contributed by atoms with Gasteiger partial charge in [0.25, 0.3) is 0 Å². The van der Waals surface area contributed by atoms with Crippen LogP contribution in [-0.2, 0) is 10.0 Å². The van der Waals surface area contributed by atoms with Crippen molar-refractivity contribution < 1.29 is 12.8 Å². The second kappa shape index (κ2) is 7.95. The number of hydrogen-bond donors (Lipinski definition) is 1. The van der Waals surface area contributed by atoms with E-state index in [1.807, 2.05) is 37.7 Å². The van der Waals surface area contributed by atoms with Crippen molar-refractivity contribution >= 4 is 21.8 Å². The second-order valence-electron chi connectivity index (χ2n) is 6.32. The van der Waals surface area contributed by atoms with E-state index in [1.165, 1.54) is 0 Å². The summed E-state index contributed by atoms with van der Waals surface area (Å²) in [5.74, 6) is 2.14. The quantitative estimate of drug-likeness (QED) is 0.835. The monoisotopic (exact) mass is 380 g/mol. The maximum atomic E-state index is 12.7. The van der Waals surface area contributed by atoms with Gasteiger partial charge in [-0.1, -0.05) is 6.07 Å². The van der Waals surface area contributed by atoms with Crippen molar-refractivity contribution in [1.29, 1.82) is 0 Å². The van der Waals surface area contributed by atoms with Crippen LogP contribution >= 0.6 is 11.8 Å². The lowest BCUT2D eigenvalue weighted by molar-refractivity contribution is 0.218. The highest BCUT2D eigenvalue weighted by atomic mass is 32.2. The van der Waals surface area contributed by atoms with Crippen molar-refractivity contribution in [3.8, 4) is 0 Å². The number of sulfonamides is 1. The summed E-state index contributed by atoms with van der Waals surface area (Å²) in [6.45, 7) is 6.13. The molecule has 2 aromatic rings. The van der Waals surface area contributed by atoms with Gasteiger partial charge in [0.05, 0.1) is 23.5 Å². The topological polar surface area (TPSA) is 62.6 Å². The van der Waals surface area contributed by atoms with Crippen molar-refractivity contribution in [2.75, 3.05) is 31.1 Å². The predicted octanol–water partition coefficient (Wildman–Crippen LogP) is 2.96. The number of furan rings is 1. The lowest BCUT2D eigenvalue weighted by Crippen LogP contribution is -2.41. The van der Waals surface area contributed by atoms with E-state index >= 15 is 0 Å². The van der Waals surface area contributed by atoms with Gasteiger partial charge in [0.2, 0.25) is 10.0 Å². The number of aryl methyl sites for hydroxylation is 2. The normalized spacial score (nSPS) is 17.5. The van der Waals surface area contributed by atoms with Crippen LogP contribution in [0.4, 0.5) is 0 Å². The Labute approximate surface area is 153 Å². The molecule has 1 aliphatic heterocycles. The molecule has 2 heterocycles. The number of nitrogens with one attached hydrogen (secondary N) is 1. The smallest absolute Gasteiger partial charge is 0.240 e. The zero-order chi connectivity index (χ0) is 17.9. The molecular weight excluding hydrogens is 356 g/mol. The summed E-state index contributed by atoms with van der Waals surface area (Å²) in [6.07, 6.45) is 3.34. The number of benzene rings is 1. The Balaban J connectivity index is 1.76. The first-order chi connectivity index (χ1) is 12.0. The van der Waals surface area contributed by atoms with E-state index in [4.69, 9.17) is 4.42 Å². The molecule has 0 radical (unpaired) electrons. The highest BCUT2D eigenvalue weighted by molar-refractivity contribution is 7.99. The molecule has 5 nitrogen and oxygen atoms in total. The molecule has 0 spiro atoms. The van der Waals surface area contributed by atoms with E-state index in [9.17, 15) is 8.42 Å². The number of rotatable bonds is 6. The van der Waals surface area contributed by atoms with Crippen molar-refractivity contribution in [2.45, 2.75) is 24.8 Å². The molecule has 0 saturated carbocycles. The van der Waals surface area contributed by atoms with Crippen molar-refractivity contribution in [3.63, 3.8) is 0 Å². The fourth-order valence-electron chi connectivity index (χ4n) is 2.96. The average Bonchev–Trinajstić information content (AvgIpc) is 3.12. The van der Waals surface area contributed by atoms with Gasteiger partial charge < -0.3 is 4.42 Å². The molecule has 7 heteroatoms. The third-order valence-corrected chi connectivity index (χ3v) is 7.03. The van der Waals surface area contributed by atoms with E-state index in [0.29, 0.717) is 11.4 Å². The summed E-state index contributed by atoms with van der Waals surface area (Å²) >= 11 is 1.93. The zero-order valence-corrected chi connectivity index (χ0v) is 16.2. The SMILES string of the molecule is Cc1ccc(S(=O)(=O)NCC(c2ccoc2)N2CCSCC2)cc1C. The minimum Gasteiger partial charge on any atom is -0.472 e. The summed E-state index contributed by atoms with van der Waals surface area (Å²) in [5, 5.41) is 0. The molecule has 1 saturated heterocycles. The van der Waals surface area contributed by atoms with Crippen LogP contribution in [0, 0.1) is 13.8 Å². The zero-order valence-electron chi connectivity index (χ0n) is 14.6. The van der Waals surface area contributed by atoms with Crippen LogP contribution in [0.2, 0.25) is 0 Å². The van der Waals surface area contributed by atoms with E-state index in [-0.39, 0.29) is 6.04 Å². The first kappa shape index (κ1) is 18.5. The Hall–Kier alpha value is -1.28. The van der Waals surface area contributed by atoms with E-state index in [2.05, 4.69) is 9.62 Å². The maximum Gasteiger partial charge on any atom is 0.240 e. The lowest BCUT2D eigenvalue weighted by Gasteiger charge is -2.33. The Morgan fingerprint density at radius 2 is 1.96 bits per heavy atom. The molecule has 1 aromatic carbocycles. The minimum atomic E-state index is -3.54. The number of hydrogen-bond acceptors (Lipinski definition) is 5. The highest BCUT2D eigenvalue weighted by Gasteiger charge is 2.25. The maximum absolute atomic E-state index is 12.7.